The molecule has 8 nitrogen and oxygen atoms in total. The van der Waals surface area contributed by atoms with Crippen molar-refractivity contribution in [1.82, 2.24) is 5.48 Å². The van der Waals surface area contributed by atoms with E-state index in [1.807, 2.05) is 30.3 Å². The highest BCUT2D eigenvalue weighted by molar-refractivity contribution is 7.92. The Bertz CT molecular complexity index is 1040. The number of alkyl halides is 1. The van der Waals surface area contributed by atoms with E-state index in [1.54, 1.807) is 6.08 Å². The highest BCUT2D eigenvalue weighted by atomic mass is 32.2. The summed E-state index contributed by atoms with van der Waals surface area (Å²) in [5.74, 6) is -1.05. The number of ether oxygens (including phenoxy) is 1. The number of nitrogens with one attached hydrogen (secondary N) is 1. The number of halogens is 1. The van der Waals surface area contributed by atoms with Crippen molar-refractivity contribution in [2.45, 2.75) is 61.7 Å². The number of rotatable bonds is 7. The number of hydrogen-bond donors (Lipinski definition) is 2. The number of sulfone groups is 1. The smallest absolute Gasteiger partial charge is 0.264 e. The van der Waals surface area contributed by atoms with Gasteiger partial charge in [-0.05, 0) is 25.0 Å². The van der Waals surface area contributed by atoms with Gasteiger partial charge in [0.1, 0.15) is 17.4 Å². The van der Waals surface area contributed by atoms with Crippen LogP contribution in [-0.2, 0) is 24.2 Å². The van der Waals surface area contributed by atoms with Gasteiger partial charge in [-0.1, -0.05) is 41.6 Å². The van der Waals surface area contributed by atoms with Gasteiger partial charge in [-0.25, -0.2) is 18.3 Å². The first kappa shape index (κ1) is 24.3. The lowest BCUT2D eigenvalue weighted by Crippen LogP contribution is -2.51. The Kier molecular flexibility index (Phi) is 6.52. The second-order valence-corrected chi connectivity index (χ2v) is 11.3. The normalized spacial score (nSPS) is 30.0. The van der Waals surface area contributed by atoms with Crippen LogP contribution < -0.4 is 5.48 Å². The Balaban J connectivity index is 1.83. The molecule has 10 heteroatoms. The van der Waals surface area contributed by atoms with E-state index < -0.39 is 37.9 Å². The van der Waals surface area contributed by atoms with Gasteiger partial charge in [-0.15, -0.1) is 0 Å². The van der Waals surface area contributed by atoms with Gasteiger partial charge in [0.15, 0.2) is 14.6 Å². The molecule has 0 saturated heterocycles. The Labute approximate surface area is 187 Å². The first-order valence-electron chi connectivity index (χ1n) is 10.3. The zero-order valence-electron chi connectivity index (χ0n) is 18.6. The van der Waals surface area contributed by atoms with Crippen LogP contribution in [0.3, 0.4) is 0 Å². The molecule has 0 radical (unpaired) electrons. The van der Waals surface area contributed by atoms with Crippen molar-refractivity contribution >= 4 is 27.0 Å². The Morgan fingerprint density at radius 1 is 1.41 bits per heavy atom. The summed E-state index contributed by atoms with van der Waals surface area (Å²) >= 11 is 0. The summed E-state index contributed by atoms with van der Waals surface area (Å²) in [7, 11) is -2.41. The SMILES string of the molecule is COC1(C2=NO[C@@H](C[C@](C)(C(=O)NO)S(C)(=O)=O)C2)CC=C(c2ccccc2)C(C)(F)C1. The van der Waals surface area contributed by atoms with Crippen LogP contribution in [0.4, 0.5) is 4.39 Å². The highest BCUT2D eigenvalue weighted by Crippen LogP contribution is 2.46. The minimum absolute atomic E-state index is 0.00656. The van der Waals surface area contributed by atoms with E-state index in [2.05, 4.69) is 5.16 Å². The summed E-state index contributed by atoms with van der Waals surface area (Å²) in [5.41, 5.74) is 0.485. The van der Waals surface area contributed by atoms with Crippen molar-refractivity contribution in [3.63, 3.8) is 0 Å². The lowest BCUT2D eigenvalue weighted by molar-refractivity contribution is -0.132. The molecule has 0 spiro atoms. The summed E-state index contributed by atoms with van der Waals surface area (Å²) in [5, 5.41) is 13.1. The molecule has 2 N–H and O–H groups in total. The van der Waals surface area contributed by atoms with Crippen LogP contribution in [0.5, 0.6) is 0 Å². The maximum atomic E-state index is 15.8. The minimum Gasteiger partial charge on any atom is -0.392 e. The average molecular weight is 469 g/mol. The molecule has 0 bridgehead atoms. The van der Waals surface area contributed by atoms with E-state index in [9.17, 15) is 13.2 Å². The number of carbonyl (C=O) groups excluding carboxylic acids is 1. The van der Waals surface area contributed by atoms with Crippen LogP contribution >= 0.6 is 0 Å². The van der Waals surface area contributed by atoms with Gasteiger partial charge in [-0.2, -0.15) is 0 Å². The van der Waals surface area contributed by atoms with Crippen LogP contribution in [0, 0.1) is 0 Å². The van der Waals surface area contributed by atoms with Crippen molar-refractivity contribution in [2.24, 2.45) is 5.16 Å². The molecular weight excluding hydrogens is 439 g/mol. The highest BCUT2D eigenvalue weighted by Gasteiger charge is 2.52. The fourth-order valence-corrected chi connectivity index (χ4v) is 5.36. The zero-order valence-corrected chi connectivity index (χ0v) is 19.4. The first-order valence-corrected chi connectivity index (χ1v) is 12.1. The number of hydrogen-bond acceptors (Lipinski definition) is 7. The molecule has 1 aliphatic carbocycles. The number of amides is 1. The molecule has 2 unspecified atom stereocenters. The fraction of sp³-hybridized carbons (Fsp3) is 0.545. The van der Waals surface area contributed by atoms with E-state index in [1.165, 1.54) is 26.4 Å². The summed E-state index contributed by atoms with van der Waals surface area (Å²) in [4.78, 5) is 17.6. The number of nitrogens with zero attached hydrogens (tertiary/aromatic N) is 1. The number of methoxy groups -OCH3 is 1. The Hall–Kier alpha value is -2.30. The predicted molar refractivity (Wildman–Crippen MR) is 118 cm³/mol. The van der Waals surface area contributed by atoms with Crippen molar-refractivity contribution < 1.29 is 32.4 Å². The van der Waals surface area contributed by atoms with Gasteiger partial charge in [0.05, 0.1) is 5.71 Å². The molecule has 32 heavy (non-hydrogen) atoms. The minimum atomic E-state index is -3.89. The lowest BCUT2D eigenvalue weighted by atomic mass is 9.71. The Morgan fingerprint density at radius 2 is 2.06 bits per heavy atom. The fourth-order valence-electron chi connectivity index (χ4n) is 4.49. The lowest BCUT2D eigenvalue weighted by Gasteiger charge is -2.41. The third kappa shape index (κ3) is 4.31. The quantitative estimate of drug-likeness (QED) is 0.470. The summed E-state index contributed by atoms with van der Waals surface area (Å²) in [6, 6.07) is 9.28. The zero-order chi connectivity index (χ0) is 23.8. The third-order valence-corrected chi connectivity index (χ3v) is 8.56. The molecule has 0 saturated carbocycles. The van der Waals surface area contributed by atoms with Crippen molar-refractivity contribution in [3.8, 4) is 0 Å². The maximum Gasteiger partial charge on any atom is 0.264 e. The second kappa shape index (κ2) is 8.57. The number of carbonyl (C=O) groups is 1. The number of oxime groups is 1. The van der Waals surface area contributed by atoms with Gasteiger partial charge in [0, 0.05) is 39.0 Å². The monoisotopic (exact) mass is 468 g/mol. The number of hydroxylamine groups is 1. The third-order valence-electron chi connectivity index (χ3n) is 6.57. The van der Waals surface area contributed by atoms with E-state index >= 15 is 4.39 Å². The van der Waals surface area contributed by atoms with Crippen LogP contribution in [-0.4, -0.2) is 60.7 Å². The molecule has 1 amide bonds. The molecule has 2 aliphatic rings. The van der Waals surface area contributed by atoms with E-state index in [-0.39, 0.29) is 19.3 Å². The van der Waals surface area contributed by atoms with Gasteiger partial charge < -0.3 is 9.57 Å². The summed E-state index contributed by atoms with van der Waals surface area (Å²) in [6.45, 7) is 2.72. The largest absolute Gasteiger partial charge is 0.392 e. The predicted octanol–water partition coefficient (Wildman–Crippen LogP) is 2.82. The number of benzene rings is 1. The molecule has 1 heterocycles. The van der Waals surface area contributed by atoms with Gasteiger partial charge in [-0.3, -0.25) is 10.0 Å². The molecule has 176 valence electrons. The van der Waals surface area contributed by atoms with Crippen molar-refractivity contribution in [1.29, 1.82) is 0 Å². The molecule has 0 aromatic heterocycles. The number of allylic oxidation sites excluding steroid dienone is 1. The molecule has 1 aromatic rings. The molecule has 3 rings (SSSR count). The van der Waals surface area contributed by atoms with Crippen molar-refractivity contribution in [3.05, 3.63) is 42.0 Å². The Morgan fingerprint density at radius 3 is 2.59 bits per heavy atom. The average Bonchev–Trinajstić information content (AvgIpc) is 3.21. The maximum absolute atomic E-state index is 15.8. The summed E-state index contributed by atoms with van der Waals surface area (Å²) < 4.78 is 44.2. The molecule has 0 fully saturated rings. The molecular formula is C22H29FN2O6S. The molecule has 1 aliphatic heterocycles. The van der Waals surface area contributed by atoms with E-state index in [0.29, 0.717) is 17.7 Å². The van der Waals surface area contributed by atoms with Crippen LogP contribution in [0.2, 0.25) is 0 Å². The summed E-state index contributed by atoms with van der Waals surface area (Å²) in [6.07, 6.45) is 2.28. The van der Waals surface area contributed by atoms with Gasteiger partial charge >= 0.3 is 0 Å². The van der Waals surface area contributed by atoms with Crippen LogP contribution in [0.1, 0.15) is 45.1 Å². The topological polar surface area (TPSA) is 114 Å². The molecule has 1 aromatic carbocycles. The van der Waals surface area contributed by atoms with Gasteiger partial charge in [0.2, 0.25) is 0 Å². The van der Waals surface area contributed by atoms with Gasteiger partial charge in [0.25, 0.3) is 5.91 Å². The van der Waals surface area contributed by atoms with Crippen LogP contribution in [0.25, 0.3) is 5.57 Å². The van der Waals surface area contributed by atoms with E-state index in [4.69, 9.17) is 14.8 Å². The van der Waals surface area contributed by atoms with Crippen LogP contribution in [0.15, 0.2) is 41.6 Å². The second-order valence-electron chi connectivity index (χ2n) is 8.88. The van der Waals surface area contributed by atoms with E-state index in [0.717, 1.165) is 11.8 Å². The standard InChI is InChI=1S/C22H29FN2O6S/c1-20(23)14-22(30-3,11-10-17(20)15-8-6-5-7-9-15)18-12-16(31-25-18)13-21(2,19(26)24-27)32(4,28)29/h5-10,16,27H,11-14H2,1-4H3,(H,24,26)/t16-,20?,21-,22?/m1/s1. The molecule has 4 atom stereocenters. The first-order chi connectivity index (χ1) is 14.9. The van der Waals surface area contributed by atoms with Crippen molar-refractivity contribution in [2.75, 3.05) is 13.4 Å².